The number of rotatable bonds is 8. The molecule has 25 heavy (non-hydrogen) atoms. The van der Waals surface area contributed by atoms with Crippen molar-refractivity contribution >= 4 is 17.3 Å². The summed E-state index contributed by atoms with van der Waals surface area (Å²) in [6, 6.07) is 3.55. The fourth-order valence-corrected chi connectivity index (χ4v) is 2.91. The molecular formula is C16H22N6O3. The summed E-state index contributed by atoms with van der Waals surface area (Å²) in [7, 11) is 0. The third kappa shape index (κ3) is 4.66. The van der Waals surface area contributed by atoms with Gasteiger partial charge in [0.1, 0.15) is 12.1 Å². The molecule has 0 aliphatic carbocycles. The Bertz CT molecular complexity index is 685. The molecule has 2 aromatic rings. The van der Waals surface area contributed by atoms with Gasteiger partial charge in [0.2, 0.25) is 11.6 Å². The smallest absolute Gasteiger partial charge is 0.353 e. The van der Waals surface area contributed by atoms with Gasteiger partial charge in [-0.25, -0.2) is 9.97 Å². The average Bonchev–Trinajstić information content (AvgIpc) is 3.14. The third-order valence-corrected chi connectivity index (χ3v) is 4.18. The van der Waals surface area contributed by atoms with Crippen LogP contribution in [0.25, 0.3) is 0 Å². The lowest BCUT2D eigenvalue weighted by molar-refractivity contribution is -0.383. The van der Waals surface area contributed by atoms with E-state index in [1.807, 2.05) is 0 Å². The molecule has 0 bridgehead atoms. The molecule has 0 saturated carbocycles. The molecule has 0 amide bonds. The van der Waals surface area contributed by atoms with Crippen molar-refractivity contribution in [2.24, 2.45) is 0 Å². The first kappa shape index (κ1) is 17.2. The minimum absolute atomic E-state index is 0.146. The van der Waals surface area contributed by atoms with Crippen molar-refractivity contribution < 1.29 is 9.34 Å². The average molecular weight is 346 g/mol. The lowest BCUT2D eigenvalue weighted by Gasteiger charge is -2.26. The standard InChI is InChI=1S/C16H22N6O3/c23-22(24)14-15(17-6-9-21-7-2-1-3-8-21)19-12-20-16(14)18-11-13-5-4-10-25-13/h4-5,10,12H,1-3,6-9,11H2,(H2,17,18,19,20). The highest BCUT2D eigenvalue weighted by Crippen LogP contribution is 2.29. The minimum Gasteiger partial charge on any atom is -0.467 e. The van der Waals surface area contributed by atoms with Gasteiger partial charge in [0, 0.05) is 13.1 Å². The molecule has 134 valence electrons. The maximum Gasteiger partial charge on any atom is 0.353 e. The first-order chi connectivity index (χ1) is 12.2. The van der Waals surface area contributed by atoms with Crippen molar-refractivity contribution in [2.45, 2.75) is 25.8 Å². The predicted octanol–water partition coefficient (Wildman–Crippen LogP) is 2.49. The Labute approximate surface area is 145 Å². The normalized spacial score (nSPS) is 15.0. The molecule has 1 fully saturated rings. The van der Waals surface area contributed by atoms with E-state index in [-0.39, 0.29) is 17.3 Å². The maximum absolute atomic E-state index is 11.5. The van der Waals surface area contributed by atoms with Crippen LogP contribution in [0.5, 0.6) is 0 Å². The summed E-state index contributed by atoms with van der Waals surface area (Å²) >= 11 is 0. The van der Waals surface area contributed by atoms with Gasteiger partial charge >= 0.3 is 5.69 Å². The molecule has 0 radical (unpaired) electrons. The molecular weight excluding hydrogens is 324 g/mol. The zero-order chi connectivity index (χ0) is 17.5. The second kappa shape index (κ2) is 8.43. The van der Waals surface area contributed by atoms with E-state index in [2.05, 4.69) is 25.5 Å². The maximum atomic E-state index is 11.5. The van der Waals surface area contributed by atoms with E-state index >= 15 is 0 Å². The molecule has 9 heteroatoms. The molecule has 9 nitrogen and oxygen atoms in total. The number of nitro groups is 1. The van der Waals surface area contributed by atoms with Crippen LogP contribution in [0.2, 0.25) is 0 Å². The van der Waals surface area contributed by atoms with Gasteiger partial charge < -0.3 is 20.0 Å². The molecule has 3 rings (SSSR count). The third-order valence-electron chi connectivity index (χ3n) is 4.18. The summed E-state index contributed by atoms with van der Waals surface area (Å²) in [5.41, 5.74) is -0.146. The number of nitrogens with one attached hydrogen (secondary N) is 2. The van der Waals surface area contributed by atoms with Crippen LogP contribution in [0.3, 0.4) is 0 Å². The van der Waals surface area contributed by atoms with Gasteiger partial charge in [-0.05, 0) is 38.1 Å². The second-order valence-electron chi connectivity index (χ2n) is 5.94. The molecule has 0 unspecified atom stereocenters. The number of furan rings is 1. The SMILES string of the molecule is O=[N+]([O-])c1c(NCCN2CCCCC2)ncnc1NCc1ccco1. The van der Waals surface area contributed by atoms with E-state index < -0.39 is 4.92 Å². The largest absolute Gasteiger partial charge is 0.467 e. The number of nitrogens with zero attached hydrogens (tertiary/aromatic N) is 4. The van der Waals surface area contributed by atoms with E-state index in [4.69, 9.17) is 4.42 Å². The van der Waals surface area contributed by atoms with Gasteiger partial charge in [0.15, 0.2) is 0 Å². The molecule has 1 aliphatic heterocycles. The Morgan fingerprint density at radius 3 is 2.64 bits per heavy atom. The Kier molecular flexibility index (Phi) is 5.78. The quantitative estimate of drug-likeness (QED) is 0.554. The Balaban J connectivity index is 1.63. The Morgan fingerprint density at radius 1 is 1.20 bits per heavy atom. The Hall–Kier alpha value is -2.68. The van der Waals surface area contributed by atoms with Gasteiger partial charge in [-0.3, -0.25) is 10.1 Å². The fourth-order valence-electron chi connectivity index (χ4n) is 2.91. The number of hydrogen-bond acceptors (Lipinski definition) is 8. The summed E-state index contributed by atoms with van der Waals surface area (Å²) in [6.45, 7) is 3.94. The molecule has 2 N–H and O–H groups in total. The van der Waals surface area contributed by atoms with Crippen LogP contribution in [0.4, 0.5) is 17.3 Å². The molecule has 0 aromatic carbocycles. The van der Waals surface area contributed by atoms with Crippen molar-refractivity contribution in [1.82, 2.24) is 14.9 Å². The first-order valence-corrected chi connectivity index (χ1v) is 8.46. The van der Waals surface area contributed by atoms with Crippen molar-refractivity contribution in [3.8, 4) is 0 Å². The van der Waals surface area contributed by atoms with Crippen LogP contribution < -0.4 is 10.6 Å². The summed E-state index contributed by atoms with van der Waals surface area (Å²) < 4.78 is 5.22. The second-order valence-corrected chi connectivity index (χ2v) is 5.94. The van der Waals surface area contributed by atoms with Crippen molar-refractivity contribution in [2.75, 3.05) is 36.8 Å². The van der Waals surface area contributed by atoms with E-state index in [1.54, 1.807) is 18.4 Å². The number of likely N-dealkylation sites (tertiary alicyclic amines) is 1. The van der Waals surface area contributed by atoms with Gasteiger partial charge in [-0.2, -0.15) is 0 Å². The van der Waals surface area contributed by atoms with E-state index in [0.717, 1.165) is 19.6 Å². The van der Waals surface area contributed by atoms with Crippen LogP contribution in [-0.4, -0.2) is 46.0 Å². The zero-order valence-electron chi connectivity index (χ0n) is 14.0. The lowest BCUT2D eigenvalue weighted by Crippen LogP contribution is -2.33. The van der Waals surface area contributed by atoms with Crippen LogP contribution in [0.15, 0.2) is 29.1 Å². The highest BCUT2D eigenvalue weighted by molar-refractivity contribution is 5.69. The monoisotopic (exact) mass is 346 g/mol. The van der Waals surface area contributed by atoms with Crippen molar-refractivity contribution in [3.63, 3.8) is 0 Å². The summed E-state index contributed by atoms with van der Waals surface area (Å²) in [4.78, 5) is 21.4. The minimum atomic E-state index is -0.465. The number of anilines is 2. The van der Waals surface area contributed by atoms with E-state index in [0.29, 0.717) is 18.8 Å². The van der Waals surface area contributed by atoms with Crippen LogP contribution >= 0.6 is 0 Å². The van der Waals surface area contributed by atoms with Gasteiger partial charge in [-0.1, -0.05) is 6.42 Å². The fraction of sp³-hybridized carbons (Fsp3) is 0.500. The van der Waals surface area contributed by atoms with Gasteiger partial charge in [0.25, 0.3) is 0 Å². The zero-order valence-corrected chi connectivity index (χ0v) is 14.0. The topological polar surface area (TPSA) is 109 Å². The number of hydrogen-bond donors (Lipinski definition) is 2. The molecule has 0 spiro atoms. The number of aromatic nitrogens is 2. The highest BCUT2D eigenvalue weighted by atomic mass is 16.6. The summed E-state index contributed by atoms with van der Waals surface area (Å²) in [5.74, 6) is 1.09. The highest BCUT2D eigenvalue weighted by Gasteiger charge is 2.23. The first-order valence-electron chi connectivity index (χ1n) is 8.46. The Morgan fingerprint density at radius 2 is 1.96 bits per heavy atom. The summed E-state index contributed by atoms with van der Waals surface area (Å²) in [6.07, 6.45) is 6.59. The lowest BCUT2D eigenvalue weighted by atomic mass is 10.1. The van der Waals surface area contributed by atoms with Crippen LogP contribution in [0.1, 0.15) is 25.0 Å². The molecule has 2 aromatic heterocycles. The van der Waals surface area contributed by atoms with Crippen molar-refractivity contribution in [1.29, 1.82) is 0 Å². The molecule has 3 heterocycles. The van der Waals surface area contributed by atoms with Gasteiger partial charge in [-0.15, -0.1) is 0 Å². The van der Waals surface area contributed by atoms with Crippen LogP contribution in [-0.2, 0) is 6.54 Å². The van der Waals surface area contributed by atoms with E-state index in [1.165, 1.54) is 25.6 Å². The van der Waals surface area contributed by atoms with Crippen LogP contribution in [0, 0.1) is 10.1 Å². The summed E-state index contributed by atoms with van der Waals surface area (Å²) in [5, 5.41) is 17.5. The van der Waals surface area contributed by atoms with Gasteiger partial charge in [0.05, 0.1) is 17.7 Å². The molecule has 1 aliphatic rings. The molecule has 0 atom stereocenters. The van der Waals surface area contributed by atoms with E-state index in [9.17, 15) is 10.1 Å². The molecule has 1 saturated heterocycles. The number of piperidine rings is 1. The predicted molar refractivity (Wildman–Crippen MR) is 93.5 cm³/mol. The van der Waals surface area contributed by atoms with Crippen molar-refractivity contribution in [3.05, 3.63) is 40.6 Å².